The highest BCUT2D eigenvalue weighted by molar-refractivity contribution is 6.31. The van der Waals surface area contributed by atoms with Gasteiger partial charge in [0.25, 0.3) is 5.91 Å². The van der Waals surface area contributed by atoms with Crippen LogP contribution in [0, 0.1) is 5.82 Å². The van der Waals surface area contributed by atoms with E-state index in [2.05, 4.69) is 10.4 Å². The molecule has 1 heterocycles. The molecule has 0 aliphatic heterocycles. The number of carbonyl (C=O) groups excluding carboxylic acids is 1. The third kappa shape index (κ3) is 3.53. The number of halogens is 2. The summed E-state index contributed by atoms with van der Waals surface area (Å²) in [7, 11) is 1.64. The van der Waals surface area contributed by atoms with E-state index in [0.717, 1.165) is 0 Å². The minimum atomic E-state index is -0.598. The maximum Gasteiger partial charge on any atom is 0.275 e. The summed E-state index contributed by atoms with van der Waals surface area (Å²) < 4.78 is 15.0. The lowest BCUT2D eigenvalue weighted by molar-refractivity contribution is 0.0946. The van der Waals surface area contributed by atoms with Gasteiger partial charge in [0.05, 0.1) is 10.9 Å². The zero-order chi connectivity index (χ0) is 18.0. The largest absolute Gasteiger partial charge is 0.350 e. The van der Waals surface area contributed by atoms with Gasteiger partial charge in [0.2, 0.25) is 5.43 Å². The van der Waals surface area contributed by atoms with Crippen LogP contribution >= 0.6 is 11.6 Å². The number of nitrogens with zero attached hydrogens (tertiary/aromatic N) is 2. The van der Waals surface area contributed by atoms with Gasteiger partial charge in [-0.2, -0.15) is 5.10 Å². The number of aryl methyl sites for hydroxylation is 1. The highest BCUT2D eigenvalue weighted by atomic mass is 35.5. The summed E-state index contributed by atoms with van der Waals surface area (Å²) in [5.74, 6) is -0.926. The highest BCUT2D eigenvalue weighted by Gasteiger charge is 2.16. The van der Waals surface area contributed by atoms with E-state index in [1.807, 2.05) is 0 Å². The summed E-state index contributed by atoms with van der Waals surface area (Å²) in [4.78, 5) is 24.8. The van der Waals surface area contributed by atoms with E-state index in [0.29, 0.717) is 27.9 Å². The molecule has 0 spiro atoms. The number of benzene rings is 2. The van der Waals surface area contributed by atoms with Gasteiger partial charge in [-0.25, -0.2) is 4.39 Å². The van der Waals surface area contributed by atoms with Crippen molar-refractivity contribution in [2.24, 2.45) is 7.05 Å². The Bertz CT molecular complexity index is 1020. The molecule has 0 aliphatic rings. The number of fused-ring (bicyclic) bond motifs is 1. The molecule has 0 radical (unpaired) electrons. The lowest BCUT2D eigenvalue weighted by Gasteiger charge is -2.09. The van der Waals surface area contributed by atoms with Gasteiger partial charge in [0, 0.05) is 18.6 Å². The Kier molecular flexibility index (Phi) is 4.81. The second-order valence-electron chi connectivity index (χ2n) is 5.56. The van der Waals surface area contributed by atoms with Gasteiger partial charge in [0.1, 0.15) is 5.82 Å². The second kappa shape index (κ2) is 7.03. The topological polar surface area (TPSA) is 64.0 Å². The number of aromatic nitrogens is 2. The van der Waals surface area contributed by atoms with E-state index in [4.69, 9.17) is 11.6 Å². The quantitative estimate of drug-likeness (QED) is 0.779. The van der Waals surface area contributed by atoms with Crippen LogP contribution in [-0.4, -0.2) is 22.2 Å². The summed E-state index contributed by atoms with van der Waals surface area (Å²) in [6.07, 6.45) is 0.318. The predicted octanol–water partition coefficient (Wildman–Crippen LogP) is 2.70. The van der Waals surface area contributed by atoms with Gasteiger partial charge < -0.3 is 5.32 Å². The highest BCUT2D eigenvalue weighted by Crippen LogP contribution is 2.15. The first kappa shape index (κ1) is 17.1. The molecule has 25 heavy (non-hydrogen) atoms. The molecule has 0 aliphatic carbocycles. The molecule has 2 aromatic carbocycles. The summed E-state index contributed by atoms with van der Waals surface area (Å²) in [5, 5.41) is 7.38. The maximum absolute atomic E-state index is 13.6. The first-order valence-electron chi connectivity index (χ1n) is 7.65. The number of carbonyl (C=O) groups is 1. The third-order valence-corrected chi connectivity index (χ3v) is 4.10. The molecule has 0 fully saturated rings. The van der Waals surface area contributed by atoms with Gasteiger partial charge in [-0.05, 0) is 36.2 Å². The van der Waals surface area contributed by atoms with Crippen molar-refractivity contribution in [1.82, 2.24) is 15.1 Å². The van der Waals surface area contributed by atoms with Gasteiger partial charge in [-0.3, -0.25) is 14.3 Å². The van der Waals surface area contributed by atoms with Gasteiger partial charge >= 0.3 is 0 Å². The average molecular weight is 360 g/mol. The first-order chi connectivity index (χ1) is 12.0. The fourth-order valence-corrected chi connectivity index (χ4v) is 2.77. The van der Waals surface area contributed by atoms with Crippen molar-refractivity contribution in [1.29, 1.82) is 0 Å². The summed E-state index contributed by atoms with van der Waals surface area (Å²) in [6.45, 7) is 0.193. The number of amides is 1. The van der Waals surface area contributed by atoms with E-state index in [1.54, 1.807) is 37.4 Å². The smallest absolute Gasteiger partial charge is 0.275 e. The van der Waals surface area contributed by atoms with Gasteiger partial charge in [-0.15, -0.1) is 0 Å². The van der Waals surface area contributed by atoms with Crippen molar-refractivity contribution in [3.8, 4) is 0 Å². The average Bonchev–Trinajstić information content (AvgIpc) is 2.59. The molecule has 0 saturated heterocycles. The Morgan fingerprint density at radius 1 is 1.28 bits per heavy atom. The molecule has 7 heteroatoms. The molecule has 128 valence electrons. The van der Waals surface area contributed by atoms with E-state index < -0.39 is 11.3 Å². The molecule has 1 amide bonds. The Morgan fingerprint density at radius 3 is 2.80 bits per heavy atom. The summed E-state index contributed by atoms with van der Waals surface area (Å²) >= 11 is 5.94. The van der Waals surface area contributed by atoms with Crippen LogP contribution in [0.3, 0.4) is 0 Å². The Hall–Kier alpha value is -2.73. The lowest BCUT2D eigenvalue weighted by Crippen LogP contribution is -2.33. The van der Waals surface area contributed by atoms with Crippen LogP contribution in [0.2, 0.25) is 5.02 Å². The molecule has 0 atom stereocenters. The standard InChI is InChI=1S/C18H15ClFN3O2/c1-23-15-7-6-12(19)10-13(15)17(24)16(22-23)18(25)21-9-8-11-4-2-3-5-14(11)20/h2-7,10H,8-9H2,1H3,(H,21,25). The van der Waals surface area contributed by atoms with Crippen molar-refractivity contribution >= 4 is 28.4 Å². The molecule has 5 nitrogen and oxygen atoms in total. The van der Waals surface area contributed by atoms with E-state index in [1.165, 1.54) is 16.8 Å². The second-order valence-corrected chi connectivity index (χ2v) is 6.00. The Labute approximate surface area is 148 Å². The van der Waals surface area contributed by atoms with Gasteiger partial charge in [0.15, 0.2) is 5.69 Å². The van der Waals surface area contributed by atoms with Gasteiger partial charge in [-0.1, -0.05) is 29.8 Å². The lowest BCUT2D eigenvalue weighted by atomic mass is 10.1. The molecule has 1 aromatic heterocycles. The van der Waals surface area contributed by atoms with Crippen LogP contribution in [0.5, 0.6) is 0 Å². The van der Waals surface area contributed by atoms with E-state index in [9.17, 15) is 14.0 Å². The minimum absolute atomic E-state index is 0.193. The van der Waals surface area contributed by atoms with E-state index in [-0.39, 0.29) is 18.1 Å². The molecule has 0 bridgehead atoms. The Balaban J connectivity index is 1.82. The third-order valence-electron chi connectivity index (χ3n) is 3.87. The molecule has 3 rings (SSSR count). The van der Waals surface area contributed by atoms with Crippen LogP contribution in [0.25, 0.3) is 10.9 Å². The van der Waals surface area contributed by atoms with Crippen LogP contribution in [0.1, 0.15) is 16.1 Å². The molecular weight excluding hydrogens is 345 g/mol. The molecular formula is C18H15ClFN3O2. The summed E-state index contributed by atoms with van der Waals surface area (Å²) in [5.41, 5.74) is 0.371. The normalized spacial score (nSPS) is 10.8. The number of rotatable bonds is 4. The van der Waals surface area contributed by atoms with Crippen molar-refractivity contribution < 1.29 is 9.18 Å². The van der Waals surface area contributed by atoms with Crippen molar-refractivity contribution in [3.63, 3.8) is 0 Å². The number of nitrogens with one attached hydrogen (secondary N) is 1. The SMILES string of the molecule is Cn1nc(C(=O)NCCc2ccccc2F)c(=O)c2cc(Cl)ccc21. The minimum Gasteiger partial charge on any atom is -0.350 e. The zero-order valence-corrected chi connectivity index (χ0v) is 14.2. The van der Waals surface area contributed by atoms with Crippen molar-refractivity contribution in [2.45, 2.75) is 6.42 Å². The molecule has 0 unspecified atom stereocenters. The molecule has 3 aromatic rings. The molecule has 0 saturated carbocycles. The summed E-state index contributed by atoms with van der Waals surface area (Å²) in [6, 6.07) is 11.2. The number of hydrogen-bond donors (Lipinski definition) is 1. The van der Waals surface area contributed by atoms with Crippen molar-refractivity contribution in [2.75, 3.05) is 6.54 Å². The van der Waals surface area contributed by atoms with Crippen LogP contribution < -0.4 is 10.7 Å². The van der Waals surface area contributed by atoms with Crippen LogP contribution in [-0.2, 0) is 13.5 Å². The maximum atomic E-state index is 13.6. The zero-order valence-electron chi connectivity index (χ0n) is 13.4. The predicted molar refractivity (Wildman–Crippen MR) is 94.4 cm³/mol. The molecule has 1 N–H and O–H groups in total. The van der Waals surface area contributed by atoms with Crippen molar-refractivity contribution in [3.05, 3.63) is 74.8 Å². The number of hydrogen-bond acceptors (Lipinski definition) is 3. The van der Waals surface area contributed by atoms with Crippen LogP contribution in [0.15, 0.2) is 47.3 Å². The first-order valence-corrected chi connectivity index (χ1v) is 8.03. The van der Waals surface area contributed by atoms with Crippen LogP contribution in [0.4, 0.5) is 4.39 Å². The fraction of sp³-hybridized carbons (Fsp3) is 0.167. The monoisotopic (exact) mass is 359 g/mol. The van der Waals surface area contributed by atoms with E-state index >= 15 is 0 Å². The Morgan fingerprint density at radius 2 is 2.04 bits per heavy atom. The fourth-order valence-electron chi connectivity index (χ4n) is 2.59.